The van der Waals surface area contributed by atoms with Gasteiger partial charge in [-0.15, -0.1) is 0 Å². The Morgan fingerprint density at radius 2 is 1.74 bits per heavy atom. The molecule has 2 aromatic rings. The molecule has 2 amide bonds. The quantitative estimate of drug-likeness (QED) is 0.259. The number of unbranched alkanes of at least 4 members (excludes halogenated alkanes) is 3. The maximum atomic E-state index is 11.8. The van der Waals surface area contributed by atoms with Gasteiger partial charge < -0.3 is 10.4 Å². The number of para-hydroxylation sites is 2. The third-order valence-electron chi connectivity index (χ3n) is 3.82. The van der Waals surface area contributed by atoms with Crippen molar-refractivity contribution < 1.29 is 14.7 Å². The highest BCUT2D eigenvalue weighted by Crippen LogP contribution is 2.21. The summed E-state index contributed by atoms with van der Waals surface area (Å²) in [4.78, 5) is 27.5. The van der Waals surface area contributed by atoms with E-state index in [4.69, 9.17) is 0 Å². The highest BCUT2D eigenvalue weighted by molar-refractivity contribution is 5.92. The first-order valence-corrected chi connectivity index (χ1v) is 8.95. The Bertz CT molecular complexity index is 763. The average Bonchev–Trinajstić information content (AvgIpc) is 2.67. The molecule has 142 valence electrons. The van der Waals surface area contributed by atoms with Crippen molar-refractivity contribution in [1.29, 1.82) is 0 Å². The van der Waals surface area contributed by atoms with Crippen molar-refractivity contribution >= 4 is 23.7 Å². The molecule has 0 saturated carbocycles. The van der Waals surface area contributed by atoms with Crippen molar-refractivity contribution in [1.82, 2.24) is 10.4 Å². The van der Waals surface area contributed by atoms with Crippen molar-refractivity contribution in [2.45, 2.75) is 38.5 Å². The van der Waals surface area contributed by atoms with Crippen molar-refractivity contribution in [3.8, 4) is 5.75 Å². The van der Waals surface area contributed by atoms with Gasteiger partial charge in [0.25, 0.3) is 0 Å². The number of nitrogens with one attached hydrogen (secondary N) is 2. The topological polar surface area (TPSA) is 104 Å². The van der Waals surface area contributed by atoms with Crippen LogP contribution >= 0.6 is 0 Å². The number of carbonyl (C=O) groups excluding carboxylic acids is 2. The molecule has 1 heterocycles. The van der Waals surface area contributed by atoms with Crippen LogP contribution in [-0.4, -0.2) is 28.1 Å². The minimum atomic E-state index is -0.132. The molecular weight excluding hydrogens is 344 g/mol. The summed E-state index contributed by atoms with van der Waals surface area (Å²) in [6.45, 7) is 0. The minimum absolute atomic E-state index is 0.0584. The van der Waals surface area contributed by atoms with Gasteiger partial charge in [0.05, 0.1) is 11.9 Å². The second kappa shape index (κ2) is 11.4. The Morgan fingerprint density at radius 1 is 1.00 bits per heavy atom. The third-order valence-corrected chi connectivity index (χ3v) is 3.82. The van der Waals surface area contributed by atoms with E-state index < -0.39 is 0 Å². The molecule has 1 aromatic carbocycles. The number of anilines is 1. The molecule has 3 N–H and O–H groups in total. The standard InChI is InChI=1S/C20H24N4O3/c25-18-10-6-5-9-17(18)23-19(26)11-3-1-2-4-12-20(27)24-22-15-16-8-7-13-21-14-16/h5-10,13-15,25H,1-4,11-12H2,(H,23,26)(H,24,27)/b22-15+. The van der Waals surface area contributed by atoms with Crippen LogP contribution in [0.4, 0.5) is 5.69 Å². The van der Waals surface area contributed by atoms with Crippen molar-refractivity contribution in [3.63, 3.8) is 0 Å². The van der Waals surface area contributed by atoms with Crippen LogP contribution in [0.2, 0.25) is 0 Å². The van der Waals surface area contributed by atoms with Gasteiger partial charge in [-0.1, -0.05) is 31.0 Å². The van der Waals surface area contributed by atoms with E-state index in [1.807, 2.05) is 6.07 Å². The number of hydrazone groups is 1. The van der Waals surface area contributed by atoms with Crippen molar-refractivity contribution in [2.24, 2.45) is 5.10 Å². The van der Waals surface area contributed by atoms with Gasteiger partial charge in [-0.2, -0.15) is 5.10 Å². The van der Waals surface area contributed by atoms with Crippen LogP contribution in [0.5, 0.6) is 5.75 Å². The van der Waals surface area contributed by atoms with Crippen LogP contribution < -0.4 is 10.7 Å². The fourth-order valence-electron chi connectivity index (χ4n) is 2.40. The number of phenolic OH excluding ortho intramolecular Hbond substituents is 1. The number of benzene rings is 1. The molecular formula is C20H24N4O3. The zero-order valence-electron chi connectivity index (χ0n) is 15.1. The molecule has 7 nitrogen and oxygen atoms in total. The second-order valence-corrected chi connectivity index (χ2v) is 6.06. The van der Waals surface area contributed by atoms with Crippen LogP contribution in [0.15, 0.2) is 53.9 Å². The van der Waals surface area contributed by atoms with Crippen LogP contribution in [0.25, 0.3) is 0 Å². The largest absolute Gasteiger partial charge is 0.506 e. The number of aromatic nitrogens is 1. The van der Waals surface area contributed by atoms with E-state index in [0.717, 1.165) is 31.2 Å². The Morgan fingerprint density at radius 3 is 2.44 bits per heavy atom. The summed E-state index contributed by atoms with van der Waals surface area (Å²) in [6.07, 6.45) is 8.87. The number of hydrogen-bond donors (Lipinski definition) is 3. The van der Waals surface area contributed by atoms with E-state index in [2.05, 4.69) is 20.8 Å². The fraction of sp³-hybridized carbons (Fsp3) is 0.300. The summed E-state index contributed by atoms with van der Waals surface area (Å²) >= 11 is 0. The van der Waals surface area contributed by atoms with Crippen LogP contribution in [0.1, 0.15) is 44.1 Å². The Hall–Kier alpha value is -3.22. The molecule has 0 bridgehead atoms. The van der Waals surface area contributed by atoms with Gasteiger partial charge in [0, 0.05) is 30.8 Å². The van der Waals surface area contributed by atoms with E-state index in [1.165, 1.54) is 6.07 Å². The lowest BCUT2D eigenvalue weighted by Crippen LogP contribution is -2.16. The number of pyridine rings is 1. The Balaban J connectivity index is 1.51. The van der Waals surface area contributed by atoms with Gasteiger partial charge in [-0.05, 0) is 31.0 Å². The summed E-state index contributed by atoms with van der Waals surface area (Å²) in [7, 11) is 0. The molecule has 0 fully saturated rings. The van der Waals surface area contributed by atoms with E-state index in [1.54, 1.807) is 42.9 Å². The lowest BCUT2D eigenvalue weighted by molar-refractivity contribution is -0.121. The molecule has 0 saturated heterocycles. The van der Waals surface area contributed by atoms with Gasteiger partial charge in [0.2, 0.25) is 11.8 Å². The van der Waals surface area contributed by atoms with Crippen LogP contribution in [-0.2, 0) is 9.59 Å². The maximum Gasteiger partial charge on any atom is 0.240 e. The molecule has 0 spiro atoms. The lowest BCUT2D eigenvalue weighted by Gasteiger charge is -2.06. The highest BCUT2D eigenvalue weighted by atomic mass is 16.3. The number of carbonyl (C=O) groups is 2. The molecule has 0 unspecified atom stereocenters. The monoisotopic (exact) mass is 368 g/mol. The third kappa shape index (κ3) is 8.13. The molecule has 27 heavy (non-hydrogen) atoms. The molecule has 0 aliphatic heterocycles. The summed E-state index contributed by atoms with van der Waals surface area (Å²) in [6, 6.07) is 10.3. The molecule has 0 radical (unpaired) electrons. The number of aromatic hydroxyl groups is 1. The van der Waals surface area contributed by atoms with Crippen molar-refractivity contribution in [2.75, 3.05) is 5.32 Å². The minimum Gasteiger partial charge on any atom is -0.506 e. The van der Waals surface area contributed by atoms with Crippen molar-refractivity contribution in [3.05, 3.63) is 54.4 Å². The molecule has 0 atom stereocenters. The number of rotatable bonds is 10. The SMILES string of the molecule is O=C(CCCCCCC(=O)Nc1ccccc1O)N/N=C/c1cccnc1. The predicted molar refractivity (Wildman–Crippen MR) is 104 cm³/mol. The molecule has 0 aliphatic carbocycles. The summed E-state index contributed by atoms with van der Waals surface area (Å²) in [5.41, 5.74) is 3.73. The van der Waals surface area contributed by atoms with Gasteiger partial charge >= 0.3 is 0 Å². The smallest absolute Gasteiger partial charge is 0.240 e. The highest BCUT2D eigenvalue weighted by Gasteiger charge is 2.05. The summed E-state index contributed by atoms with van der Waals surface area (Å²) in [5, 5.41) is 16.2. The molecule has 7 heteroatoms. The van der Waals surface area contributed by atoms with Gasteiger partial charge in [-0.25, -0.2) is 5.43 Å². The predicted octanol–water partition coefficient (Wildman–Crippen LogP) is 3.22. The van der Waals surface area contributed by atoms with Gasteiger partial charge in [0.15, 0.2) is 0 Å². The summed E-state index contributed by atoms with van der Waals surface area (Å²) < 4.78 is 0. The van der Waals surface area contributed by atoms with E-state index in [9.17, 15) is 14.7 Å². The number of amides is 2. The first kappa shape index (κ1) is 20.1. The van der Waals surface area contributed by atoms with Gasteiger partial charge in [-0.3, -0.25) is 14.6 Å². The van der Waals surface area contributed by atoms with E-state index in [-0.39, 0.29) is 17.6 Å². The van der Waals surface area contributed by atoms with Crippen LogP contribution in [0.3, 0.4) is 0 Å². The van der Waals surface area contributed by atoms with Crippen LogP contribution in [0, 0.1) is 0 Å². The Kier molecular flexibility index (Phi) is 8.49. The first-order valence-electron chi connectivity index (χ1n) is 8.95. The number of nitrogens with zero attached hydrogens (tertiary/aromatic N) is 2. The number of hydrogen-bond acceptors (Lipinski definition) is 5. The molecule has 2 rings (SSSR count). The normalized spacial score (nSPS) is 10.7. The molecule has 1 aromatic heterocycles. The maximum absolute atomic E-state index is 11.8. The Labute approximate surface area is 158 Å². The average molecular weight is 368 g/mol. The zero-order valence-corrected chi connectivity index (χ0v) is 15.1. The van der Waals surface area contributed by atoms with E-state index in [0.29, 0.717) is 18.5 Å². The fourth-order valence-corrected chi connectivity index (χ4v) is 2.40. The lowest BCUT2D eigenvalue weighted by atomic mass is 10.1. The van der Waals surface area contributed by atoms with Gasteiger partial charge in [0.1, 0.15) is 5.75 Å². The molecule has 0 aliphatic rings. The summed E-state index contributed by atoms with van der Waals surface area (Å²) in [5.74, 6) is -0.200. The second-order valence-electron chi connectivity index (χ2n) is 6.06. The van der Waals surface area contributed by atoms with E-state index >= 15 is 0 Å². The number of phenols is 1. The zero-order chi connectivity index (χ0) is 19.3. The first-order chi connectivity index (χ1) is 13.1.